The molecule has 9 heteroatoms. The van der Waals surface area contributed by atoms with Gasteiger partial charge in [0.1, 0.15) is 5.82 Å². The minimum Gasteiger partial charge on any atom is -0.360 e. The molecule has 0 radical (unpaired) electrons. The first-order valence-electron chi connectivity index (χ1n) is 8.12. The van der Waals surface area contributed by atoms with Gasteiger partial charge in [-0.05, 0) is 6.07 Å². The Kier molecular flexibility index (Phi) is 5.52. The molecular weight excluding hydrogens is 326 g/mol. The van der Waals surface area contributed by atoms with Crippen LogP contribution >= 0.6 is 11.5 Å². The molecule has 0 saturated carbocycles. The second kappa shape index (κ2) is 8.00. The molecular formula is C15H21N7OS. The van der Waals surface area contributed by atoms with E-state index < -0.39 is 0 Å². The largest absolute Gasteiger partial charge is 0.360 e. The van der Waals surface area contributed by atoms with Crippen LogP contribution in [0.5, 0.6) is 0 Å². The van der Waals surface area contributed by atoms with Crippen molar-refractivity contribution in [2.24, 2.45) is 0 Å². The van der Waals surface area contributed by atoms with Gasteiger partial charge >= 0.3 is 0 Å². The van der Waals surface area contributed by atoms with E-state index in [9.17, 15) is 4.79 Å². The zero-order valence-electron chi connectivity index (χ0n) is 13.7. The molecule has 1 N–H and O–H groups in total. The number of rotatable bonds is 6. The third-order valence-corrected chi connectivity index (χ3v) is 4.58. The standard InChI is InChI=1S/C15H21N7OS/c1-2-12-19-15(24-20-12)18-7-4-13(23)21-8-10-22(11-9-21)14-16-5-3-6-17-14/h3,5-6H,2,4,7-11H2,1H3,(H,18,19,20). The van der Waals surface area contributed by atoms with Crippen LogP contribution in [0.25, 0.3) is 0 Å². The summed E-state index contributed by atoms with van der Waals surface area (Å²) in [5.41, 5.74) is 0. The van der Waals surface area contributed by atoms with Crippen LogP contribution in [0.2, 0.25) is 0 Å². The molecule has 1 fully saturated rings. The van der Waals surface area contributed by atoms with E-state index in [-0.39, 0.29) is 5.91 Å². The number of anilines is 2. The van der Waals surface area contributed by atoms with Crippen molar-refractivity contribution in [3.8, 4) is 0 Å². The van der Waals surface area contributed by atoms with Crippen molar-refractivity contribution in [3.63, 3.8) is 0 Å². The van der Waals surface area contributed by atoms with E-state index in [1.54, 1.807) is 18.5 Å². The maximum Gasteiger partial charge on any atom is 0.225 e. The van der Waals surface area contributed by atoms with E-state index in [0.717, 1.165) is 36.4 Å². The predicted octanol–water partition coefficient (Wildman–Crippen LogP) is 1.04. The molecule has 3 rings (SSSR count). The van der Waals surface area contributed by atoms with Gasteiger partial charge in [-0.2, -0.15) is 4.37 Å². The minimum absolute atomic E-state index is 0.163. The van der Waals surface area contributed by atoms with E-state index in [4.69, 9.17) is 0 Å². The molecule has 1 saturated heterocycles. The number of nitrogens with one attached hydrogen (secondary N) is 1. The van der Waals surface area contributed by atoms with Crippen molar-refractivity contribution in [1.29, 1.82) is 0 Å². The normalized spacial score (nSPS) is 14.7. The first-order chi connectivity index (χ1) is 11.8. The van der Waals surface area contributed by atoms with Crippen LogP contribution in [0.3, 0.4) is 0 Å². The summed E-state index contributed by atoms with van der Waals surface area (Å²) in [5.74, 6) is 1.73. The van der Waals surface area contributed by atoms with Gasteiger partial charge in [0.2, 0.25) is 17.0 Å². The van der Waals surface area contributed by atoms with E-state index in [0.29, 0.717) is 26.1 Å². The molecule has 2 aromatic rings. The van der Waals surface area contributed by atoms with Gasteiger partial charge in [0, 0.05) is 69.5 Å². The van der Waals surface area contributed by atoms with Crippen molar-refractivity contribution < 1.29 is 4.79 Å². The Morgan fingerprint density at radius 2 is 2.00 bits per heavy atom. The first-order valence-corrected chi connectivity index (χ1v) is 8.90. The van der Waals surface area contributed by atoms with Gasteiger partial charge in [0.25, 0.3) is 0 Å². The Hall–Kier alpha value is -2.29. The zero-order valence-corrected chi connectivity index (χ0v) is 14.5. The Morgan fingerprint density at radius 1 is 1.25 bits per heavy atom. The molecule has 0 bridgehead atoms. The second-order valence-electron chi connectivity index (χ2n) is 5.46. The van der Waals surface area contributed by atoms with Crippen LogP contribution in [-0.2, 0) is 11.2 Å². The third-order valence-electron chi connectivity index (χ3n) is 3.87. The highest BCUT2D eigenvalue weighted by Gasteiger charge is 2.22. The van der Waals surface area contributed by atoms with Crippen molar-refractivity contribution in [1.82, 2.24) is 24.2 Å². The first kappa shape index (κ1) is 16.6. The lowest BCUT2D eigenvalue weighted by Crippen LogP contribution is -2.49. The summed E-state index contributed by atoms with van der Waals surface area (Å²) in [6, 6.07) is 1.80. The summed E-state index contributed by atoms with van der Waals surface area (Å²) < 4.78 is 4.21. The average Bonchev–Trinajstić information content (AvgIpc) is 3.10. The molecule has 1 aliphatic heterocycles. The lowest BCUT2D eigenvalue weighted by Gasteiger charge is -2.34. The number of aryl methyl sites for hydroxylation is 1. The third kappa shape index (κ3) is 4.16. The van der Waals surface area contributed by atoms with Crippen molar-refractivity contribution >= 4 is 28.5 Å². The Balaban J connectivity index is 1.40. The quantitative estimate of drug-likeness (QED) is 0.835. The molecule has 0 aromatic carbocycles. The molecule has 0 spiro atoms. The van der Waals surface area contributed by atoms with Gasteiger partial charge in [-0.3, -0.25) is 4.79 Å². The van der Waals surface area contributed by atoms with Gasteiger partial charge in [-0.25, -0.2) is 15.0 Å². The lowest BCUT2D eigenvalue weighted by molar-refractivity contribution is -0.131. The van der Waals surface area contributed by atoms with Crippen molar-refractivity contribution in [2.45, 2.75) is 19.8 Å². The van der Waals surface area contributed by atoms with Crippen LogP contribution in [0.4, 0.5) is 11.1 Å². The number of hydrogen-bond donors (Lipinski definition) is 1. The van der Waals surface area contributed by atoms with Crippen LogP contribution in [0.1, 0.15) is 19.2 Å². The smallest absolute Gasteiger partial charge is 0.225 e. The maximum absolute atomic E-state index is 12.3. The fraction of sp³-hybridized carbons (Fsp3) is 0.533. The lowest BCUT2D eigenvalue weighted by atomic mass is 10.3. The minimum atomic E-state index is 0.163. The van der Waals surface area contributed by atoms with E-state index >= 15 is 0 Å². The molecule has 3 heterocycles. The maximum atomic E-state index is 12.3. The summed E-state index contributed by atoms with van der Waals surface area (Å²) >= 11 is 1.34. The number of carbonyl (C=O) groups is 1. The SMILES string of the molecule is CCc1nsc(NCCC(=O)N2CCN(c3ncccn3)CC2)n1. The molecule has 2 aromatic heterocycles. The van der Waals surface area contributed by atoms with E-state index in [1.807, 2.05) is 11.8 Å². The molecule has 1 aliphatic rings. The van der Waals surface area contributed by atoms with Gasteiger partial charge < -0.3 is 15.1 Å². The van der Waals surface area contributed by atoms with Crippen LogP contribution in [0.15, 0.2) is 18.5 Å². The number of piperazine rings is 1. The number of aromatic nitrogens is 4. The predicted molar refractivity (Wildman–Crippen MR) is 93.2 cm³/mol. The number of amides is 1. The Morgan fingerprint density at radius 3 is 2.67 bits per heavy atom. The highest BCUT2D eigenvalue weighted by molar-refractivity contribution is 7.09. The summed E-state index contributed by atoms with van der Waals surface area (Å²) in [6.07, 6.45) is 4.77. The Labute approximate surface area is 145 Å². The molecule has 0 atom stereocenters. The Bertz CT molecular complexity index is 655. The van der Waals surface area contributed by atoms with Gasteiger partial charge in [-0.15, -0.1) is 0 Å². The van der Waals surface area contributed by atoms with Crippen LogP contribution in [0, 0.1) is 0 Å². The van der Waals surface area contributed by atoms with Crippen molar-refractivity contribution in [3.05, 3.63) is 24.3 Å². The van der Waals surface area contributed by atoms with Crippen LogP contribution < -0.4 is 10.2 Å². The second-order valence-corrected chi connectivity index (χ2v) is 6.21. The highest BCUT2D eigenvalue weighted by atomic mass is 32.1. The van der Waals surface area contributed by atoms with Crippen molar-refractivity contribution in [2.75, 3.05) is 42.9 Å². The summed E-state index contributed by atoms with van der Waals surface area (Å²) in [5, 5.41) is 3.95. The number of hydrogen-bond acceptors (Lipinski definition) is 8. The van der Waals surface area contributed by atoms with Crippen LogP contribution in [-0.4, -0.2) is 62.9 Å². The summed E-state index contributed by atoms with van der Waals surface area (Å²) in [7, 11) is 0. The summed E-state index contributed by atoms with van der Waals surface area (Å²) in [6.45, 7) is 5.54. The van der Waals surface area contributed by atoms with Gasteiger partial charge in [0.15, 0.2) is 0 Å². The van der Waals surface area contributed by atoms with E-state index in [2.05, 4.69) is 29.5 Å². The molecule has 1 amide bonds. The topological polar surface area (TPSA) is 87.1 Å². The fourth-order valence-corrected chi connectivity index (χ4v) is 3.19. The van der Waals surface area contributed by atoms with Gasteiger partial charge in [0.05, 0.1) is 0 Å². The highest BCUT2D eigenvalue weighted by Crippen LogP contribution is 2.12. The average molecular weight is 347 g/mol. The number of nitrogens with zero attached hydrogens (tertiary/aromatic N) is 6. The zero-order chi connectivity index (χ0) is 16.8. The molecule has 0 unspecified atom stereocenters. The number of carbonyl (C=O) groups excluding carboxylic acids is 1. The van der Waals surface area contributed by atoms with Gasteiger partial charge in [-0.1, -0.05) is 6.92 Å². The summed E-state index contributed by atoms with van der Waals surface area (Å²) in [4.78, 5) is 29.1. The molecule has 0 aliphatic carbocycles. The van der Waals surface area contributed by atoms with E-state index in [1.165, 1.54) is 11.5 Å². The molecule has 128 valence electrons. The monoisotopic (exact) mass is 347 g/mol. The fourth-order valence-electron chi connectivity index (χ4n) is 2.51. The molecule has 8 nitrogen and oxygen atoms in total. The molecule has 24 heavy (non-hydrogen) atoms.